The zero-order valence-electron chi connectivity index (χ0n) is 8.86. The lowest BCUT2D eigenvalue weighted by Crippen LogP contribution is -1.98. The number of aromatic nitrogens is 8. The maximum Gasteiger partial charge on any atom is 0.201 e. The first-order valence-electron chi connectivity index (χ1n) is 4.87. The Bertz CT molecular complexity index is 640. The van der Waals surface area contributed by atoms with E-state index in [-0.39, 0.29) is 5.56 Å². The van der Waals surface area contributed by atoms with Crippen molar-refractivity contribution >= 4 is 0 Å². The third kappa shape index (κ3) is 1.49. The molecule has 0 saturated carbocycles. The summed E-state index contributed by atoms with van der Waals surface area (Å²) < 4.78 is 0. The maximum atomic E-state index is 9.24. The first-order chi connectivity index (χ1) is 8.90. The zero-order valence-corrected chi connectivity index (χ0v) is 8.86. The van der Waals surface area contributed by atoms with Crippen LogP contribution in [-0.2, 0) is 0 Å². The monoisotopic (exact) mass is 239 g/mol. The molecule has 0 fully saturated rings. The highest BCUT2D eigenvalue weighted by molar-refractivity contribution is 5.70. The van der Waals surface area contributed by atoms with Gasteiger partial charge in [0.15, 0.2) is 0 Å². The summed E-state index contributed by atoms with van der Waals surface area (Å²) in [5.41, 5.74) is 0.916. The van der Waals surface area contributed by atoms with E-state index in [9.17, 15) is 5.26 Å². The Morgan fingerprint density at radius 3 is 1.83 bits per heavy atom. The van der Waals surface area contributed by atoms with Crippen LogP contribution in [-0.4, -0.2) is 40.3 Å². The second kappa shape index (κ2) is 4.02. The highest BCUT2D eigenvalue weighted by Gasteiger charge is 2.18. The smallest absolute Gasteiger partial charge is 0.201 e. The predicted octanol–water partition coefficient (Wildman–Crippen LogP) is -0.0815. The molecule has 0 bridgehead atoms. The van der Waals surface area contributed by atoms with Crippen LogP contribution in [0.2, 0.25) is 0 Å². The fourth-order valence-electron chi connectivity index (χ4n) is 1.48. The summed E-state index contributed by atoms with van der Waals surface area (Å²) in [6, 6.07) is 2.03. The Morgan fingerprint density at radius 1 is 0.889 bits per heavy atom. The summed E-state index contributed by atoms with van der Waals surface area (Å²) in [5.74, 6) is 0.650. The van der Waals surface area contributed by atoms with Gasteiger partial charge in [0, 0.05) is 0 Å². The van der Waals surface area contributed by atoms with Gasteiger partial charge in [0.05, 0.1) is 0 Å². The van der Waals surface area contributed by atoms with Gasteiger partial charge in [-0.1, -0.05) is 0 Å². The van der Waals surface area contributed by atoms with Crippen LogP contribution in [0.1, 0.15) is 5.56 Å². The van der Waals surface area contributed by atoms with Crippen LogP contribution in [0.25, 0.3) is 23.0 Å². The van der Waals surface area contributed by atoms with Gasteiger partial charge in [0.2, 0.25) is 11.6 Å². The van der Waals surface area contributed by atoms with E-state index in [2.05, 4.69) is 40.3 Å². The Hall–Kier alpha value is -3.15. The van der Waals surface area contributed by atoms with Crippen LogP contribution < -0.4 is 0 Å². The molecule has 3 aromatic heterocycles. The average Bonchev–Trinajstić information content (AvgIpc) is 3.10. The molecule has 9 nitrogen and oxygen atoms in total. The molecular formula is C9H5N9. The molecule has 0 radical (unpaired) electrons. The number of nitrogens with one attached hydrogen (secondary N) is 2. The average molecular weight is 239 g/mol. The molecular weight excluding hydrogens is 234 g/mol. The number of hydrogen-bond acceptors (Lipinski definition) is 7. The second-order valence-corrected chi connectivity index (χ2v) is 3.20. The van der Waals surface area contributed by atoms with Gasteiger partial charge in [-0.05, 0) is 0 Å². The molecule has 3 rings (SSSR count). The number of nitrogens with zero attached hydrogens (tertiary/aromatic N) is 7. The standard InChI is InChI=1S/C9H5N9/c10-1-5-6(8-13-3-15-17-8)11-2-12-7(5)9-14-4-16-18-9/h2-4H,(H,13,15,17)(H,14,16,18). The normalized spacial score (nSPS) is 10.2. The molecule has 0 unspecified atom stereocenters. The highest BCUT2D eigenvalue weighted by Crippen LogP contribution is 2.23. The second-order valence-electron chi connectivity index (χ2n) is 3.20. The van der Waals surface area contributed by atoms with Gasteiger partial charge in [-0.15, -0.1) is 0 Å². The molecule has 18 heavy (non-hydrogen) atoms. The van der Waals surface area contributed by atoms with E-state index in [1.165, 1.54) is 19.0 Å². The lowest BCUT2D eigenvalue weighted by Gasteiger charge is -2.01. The van der Waals surface area contributed by atoms with Gasteiger partial charge in [-0.2, -0.15) is 15.5 Å². The molecule has 9 heteroatoms. The largest absolute Gasteiger partial charge is 0.265 e. The van der Waals surface area contributed by atoms with Crippen LogP contribution in [0.3, 0.4) is 0 Å². The van der Waals surface area contributed by atoms with E-state index in [1.54, 1.807) is 0 Å². The Morgan fingerprint density at radius 2 is 1.44 bits per heavy atom. The molecule has 3 aromatic rings. The van der Waals surface area contributed by atoms with Crippen molar-refractivity contribution in [1.82, 2.24) is 40.3 Å². The van der Waals surface area contributed by atoms with E-state index in [1.807, 2.05) is 6.07 Å². The summed E-state index contributed by atoms with van der Waals surface area (Å²) in [5, 5.41) is 22.1. The van der Waals surface area contributed by atoms with Gasteiger partial charge in [-0.25, -0.2) is 19.9 Å². The van der Waals surface area contributed by atoms with Crippen molar-refractivity contribution < 1.29 is 0 Å². The first-order valence-corrected chi connectivity index (χ1v) is 4.87. The van der Waals surface area contributed by atoms with Crippen molar-refractivity contribution in [2.45, 2.75) is 0 Å². The van der Waals surface area contributed by atoms with E-state index in [0.29, 0.717) is 23.0 Å². The topological polar surface area (TPSA) is 133 Å². The van der Waals surface area contributed by atoms with Crippen LogP contribution in [0.4, 0.5) is 0 Å². The summed E-state index contributed by atoms with van der Waals surface area (Å²) in [7, 11) is 0. The van der Waals surface area contributed by atoms with Crippen LogP contribution in [0.5, 0.6) is 0 Å². The number of rotatable bonds is 2. The van der Waals surface area contributed by atoms with Crippen LogP contribution in [0, 0.1) is 11.3 Å². The molecule has 2 N–H and O–H groups in total. The van der Waals surface area contributed by atoms with Gasteiger partial charge in [0.25, 0.3) is 0 Å². The Labute approximate surface area is 100.0 Å². The van der Waals surface area contributed by atoms with E-state index in [0.717, 1.165) is 0 Å². The van der Waals surface area contributed by atoms with Crippen molar-refractivity contribution in [1.29, 1.82) is 5.26 Å². The van der Waals surface area contributed by atoms with Crippen molar-refractivity contribution in [2.75, 3.05) is 0 Å². The number of H-pyrrole nitrogens is 2. The van der Waals surface area contributed by atoms with Crippen molar-refractivity contribution in [2.24, 2.45) is 0 Å². The zero-order chi connectivity index (χ0) is 12.4. The van der Waals surface area contributed by atoms with Crippen molar-refractivity contribution in [3.63, 3.8) is 0 Å². The molecule has 0 spiro atoms. The van der Waals surface area contributed by atoms with E-state index < -0.39 is 0 Å². The minimum Gasteiger partial charge on any atom is -0.265 e. The summed E-state index contributed by atoms with van der Waals surface area (Å²) >= 11 is 0. The molecule has 3 heterocycles. The number of hydrogen-bond donors (Lipinski definition) is 2. The molecule has 0 aliphatic rings. The quantitative estimate of drug-likeness (QED) is 0.638. The SMILES string of the molecule is N#Cc1c(-c2nc[nH]n2)ncnc1-c1nc[nH]n1. The molecule has 0 aliphatic carbocycles. The highest BCUT2D eigenvalue weighted by atomic mass is 15.2. The maximum absolute atomic E-state index is 9.24. The molecule has 0 atom stereocenters. The van der Waals surface area contributed by atoms with Crippen LogP contribution >= 0.6 is 0 Å². The van der Waals surface area contributed by atoms with Gasteiger partial charge >= 0.3 is 0 Å². The summed E-state index contributed by atoms with van der Waals surface area (Å²) in [6.07, 6.45) is 4.13. The lowest BCUT2D eigenvalue weighted by molar-refractivity contribution is 1.05. The van der Waals surface area contributed by atoms with Gasteiger partial charge in [0.1, 0.15) is 42.0 Å². The molecule has 0 aromatic carbocycles. The Kier molecular flexibility index (Phi) is 2.24. The summed E-state index contributed by atoms with van der Waals surface area (Å²) in [6.45, 7) is 0. The summed E-state index contributed by atoms with van der Waals surface area (Å²) in [4.78, 5) is 16.0. The lowest BCUT2D eigenvalue weighted by atomic mass is 10.1. The van der Waals surface area contributed by atoms with E-state index >= 15 is 0 Å². The molecule has 86 valence electrons. The third-order valence-corrected chi connectivity index (χ3v) is 2.21. The van der Waals surface area contributed by atoms with Crippen LogP contribution in [0.15, 0.2) is 19.0 Å². The number of nitriles is 1. The van der Waals surface area contributed by atoms with E-state index in [4.69, 9.17) is 0 Å². The molecule has 0 saturated heterocycles. The fourth-order valence-corrected chi connectivity index (χ4v) is 1.48. The molecule has 0 aliphatic heterocycles. The van der Waals surface area contributed by atoms with Crippen molar-refractivity contribution in [3.05, 3.63) is 24.5 Å². The predicted molar refractivity (Wildman–Crippen MR) is 57.5 cm³/mol. The first kappa shape index (κ1) is 10.0. The fraction of sp³-hybridized carbons (Fsp3) is 0. The Balaban J connectivity index is 2.24. The van der Waals surface area contributed by atoms with Gasteiger partial charge in [-0.3, -0.25) is 10.2 Å². The van der Waals surface area contributed by atoms with Gasteiger partial charge < -0.3 is 0 Å². The van der Waals surface area contributed by atoms with Crippen molar-refractivity contribution in [3.8, 4) is 29.1 Å². The number of aromatic amines is 2. The third-order valence-electron chi connectivity index (χ3n) is 2.21. The minimum atomic E-state index is 0.233. The molecule has 0 amide bonds. The minimum absolute atomic E-state index is 0.233.